The maximum atomic E-state index is 10.0. The van der Waals surface area contributed by atoms with Gasteiger partial charge >= 0.3 is 0 Å². The molecule has 1 atom stereocenters. The first-order valence-electron chi connectivity index (χ1n) is 6.81. The lowest BCUT2D eigenvalue weighted by atomic mass is 10.0. The van der Waals surface area contributed by atoms with Crippen LogP contribution in [0.1, 0.15) is 19.4 Å². The van der Waals surface area contributed by atoms with E-state index < -0.39 is 6.10 Å². The highest BCUT2D eigenvalue weighted by atomic mass is 16.5. The minimum atomic E-state index is -0.628. The van der Waals surface area contributed by atoms with Crippen molar-refractivity contribution in [2.45, 2.75) is 32.0 Å². The maximum absolute atomic E-state index is 10.0. The molecule has 20 heavy (non-hydrogen) atoms. The third-order valence-corrected chi connectivity index (χ3v) is 3.53. The smallest absolute Gasteiger partial charge is 0.123 e. The molecule has 0 saturated carbocycles. The SMILES string of the molecule is CN(CC(O)COc1ccccc1CN)C(C)(C)CO. The van der Waals surface area contributed by atoms with E-state index in [0.29, 0.717) is 18.8 Å². The van der Waals surface area contributed by atoms with E-state index in [1.54, 1.807) is 0 Å². The largest absolute Gasteiger partial charge is 0.491 e. The average molecular weight is 282 g/mol. The molecule has 5 heteroatoms. The molecule has 0 saturated heterocycles. The number of aliphatic hydroxyl groups excluding tert-OH is 2. The molecule has 0 aliphatic rings. The zero-order chi connectivity index (χ0) is 15.2. The van der Waals surface area contributed by atoms with Crippen molar-refractivity contribution < 1.29 is 14.9 Å². The van der Waals surface area contributed by atoms with Gasteiger partial charge in [-0.3, -0.25) is 4.90 Å². The van der Waals surface area contributed by atoms with Gasteiger partial charge in [0.1, 0.15) is 18.5 Å². The number of nitrogens with two attached hydrogens (primary N) is 1. The standard InChI is InChI=1S/C15H26N2O3/c1-15(2,11-18)17(3)9-13(19)10-20-14-7-5-4-6-12(14)8-16/h4-7,13,18-19H,8-11,16H2,1-3H3. The molecule has 0 bridgehead atoms. The second kappa shape index (κ2) is 7.59. The van der Waals surface area contributed by atoms with Crippen molar-refractivity contribution in [1.82, 2.24) is 4.90 Å². The lowest BCUT2D eigenvalue weighted by Gasteiger charge is -2.35. The summed E-state index contributed by atoms with van der Waals surface area (Å²) >= 11 is 0. The molecule has 0 aliphatic heterocycles. The monoisotopic (exact) mass is 282 g/mol. The molecule has 1 aromatic carbocycles. The molecular formula is C15H26N2O3. The summed E-state index contributed by atoms with van der Waals surface area (Å²) in [5.74, 6) is 0.707. The Balaban J connectivity index is 2.49. The van der Waals surface area contributed by atoms with Crippen molar-refractivity contribution in [2.75, 3.05) is 26.8 Å². The minimum Gasteiger partial charge on any atom is -0.491 e. The first-order valence-corrected chi connectivity index (χ1v) is 6.81. The first kappa shape index (κ1) is 16.9. The second-order valence-electron chi connectivity index (χ2n) is 5.63. The van der Waals surface area contributed by atoms with Crippen LogP contribution in [0.3, 0.4) is 0 Å². The van der Waals surface area contributed by atoms with Crippen molar-refractivity contribution in [3.63, 3.8) is 0 Å². The molecule has 4 N–H and O–H groups in total. The maximum Gasteiger partial charge on any atom is 0.123 e. The third-order valence-electron chi connectivity index (χ3n) is 3.53. The number of benzene rings is 1. The number of nitrogens with zero attached hydrogens (tertiary/aromatic N) is 1. The van der Waals surface area contributed by atoms with Crippen molar-refractivity contribution in [3.8, 4) is 5.75 Å². The lowest BCUT2D eigenvalue weighted by Crippen LogP contribution is -2.48. The molecule has 1 rings (SSSR count). The van der Waals surface area contributed by atoms with E-state index in [1.807, 2.05) is 50.1 Å². The predicted molar refractivity (Wildman–Crippen MR) is 79.6 cm³/mol. The van der Waals surface area contributed by atoms with E-state index in [2.05, 4.69) is 0 Å². The Morgan fingerprint density at radius 2 is 2.00 bits per heavy atom. The molecule has 0 aliphatic carbocycles. The molecule has 0 radical (unpaired) electrons. The van der Waals surface area contributed by atoms with Gasteiger partial charge in [0.2, 0.25) is 0 Å². The quantitative estimate of drug-likeness (QED) is 0.650. The Kier molecular flexibility index (Phi) is 6.42. The van der Waals surface area contributed by atoms with Gasteiger partial charge in [-0.25, -0.2) is 0 Å². The second-order valence-corrected chi connectivity index (χ2v) is 5.63. The number of likely N-dealkylation sites (N-methyl/N-ethyl adjacent to an activating group) is 1. The van der Waals surface area contributed by atoms with Crippen LogP contribution in [0.25, 0.3) is 0 Å². The van der Waals surface area contributed by atoms with E-state index in [-0.39, 0.29) is 18.8 Å². The fraction of sp³-hybridized carbons (Fsp3) is 0.600. The van der Waals surface area contributed by atoms with E-state index in [1.165, 1.54) is 0 Å². The summed E-state index contributed by atoms with van der Waals surface area (Å²) in [4.78, 5) is 1.91. The Labute approximate surface area is 121 Å². The van der Waals surface area contributed by atoms with Crippen molar-refractivity contribution >= 4 is 0 Å². The first-order chi connectivity index (χ1) is 9.40. The number of ether oxygens (including phenoxy) is 1. The van der Waals surface area contributed by atoms with Gasteiger partial charge in [-0.1, -0.05) is 18.2 Å². The average Bonchev–Trinajstić information content (AvgIpc) is 2.45. The van der Waals surface area contributed by atoms with E-state index in [9.17, 15) is 10.2 Å². The zero-order valence-electron chi connectivity index (χ0n) is 12.5. The summed E-state index contributed by atoms with van der Waals surface area (Å²) in [5, 5.41) is 19.3. The normalized spacial score (nSPS) is 13.6. The van der Waals surface area contributed by atoms with Gasteiger partial charge in [-0.2, -0.15) is 0 Å². The topological polar surface area (TPSA) is 79.0 Å². The number of β-amino-alcohol motifs (C(OH)–C–C–N with tert-alkyl or cyclic N) is 1. The van der Waals surface area contributed by atoms with Crippen LogP contribution < -0.4 is 10.5 Å². The van der Waals surface area contributed by atoms with E-state index >= 15 is 0 Å². The van der Waals surface area contributed by atoms with Crippen molar-refractivity contribution in [2.24, 2.45) is 5.73 Å². The molecule has 5 nitrogen and oxygen atoms in total. The summed E-state index contributed by atoms with van der Waals surface area (Å²) in [6.07, 6.45) is -0.628. The molecule has 1 unspecified atom stereocenters. The van der Waals surface area contributed by atoms with Crippen LogP contribution in [-0.4, -0.2) is 53.6 Å². The minimum absolute atomic E-state index is 0.0348. The molecule has 0 fully saturated rings. The van der Waals surface area contributed by atoms with Gasteiger partial charge in [0.05, 0.1) is 6.61 Å². The van der Waals surface area contributed by atoms with Crippen LogP contribution in [0.4, 0.5) is 0 Å². The molecule has 114 valence electrons. The van der Waals surface area contributed by atoms with Crippen LogP contribution in [-0.2, 0) is 6.54 Å². The van der Waals surface area contributed by atoms with Crippen LogP contribution in [0.15, 0.2) is 24.3 Å². The molecule has 1 aromatic rings. The number of hydrogen-bond donors (Lipinski definition) is 3. The van der Waals surface area contributed by atoms with Gasteiger partial charge in [0.15, 0.2) is 0 Å². The van der Waals surface area contributed by atoms with E-state index in [4.69, 9.17) is 10.5 Å². The van der Waals surface area contributed by atoms with E-state index in [0.717, 1.165) is 5.56 Å². The lowest BCUT2D eigenvalue weighted by molar-refractivity contribution is 0.0192. The summed E-state index contributed by atoms with van der Waals surface area (Å²) in [5.41, 5.74) is 6.19. The van der Waals surface area contributed by atoms with Crippen LogP contribution in [0, 0.1) is 0 Å². The van der Waals surface area contributed by atoms with Crippen LogP contribution >= 0.6 is 0 Å². The Bertz CT molecular complexity index is 410. The van der Waals surface area contributed by atoms with Crippen molar-refractivity contribution in [3.05, 3.63) is 29.8 Å². The Hall–Kier alpha value is -1.14. The molecular weight excluding hydrogens is 256 g/mol. The Morgan fingerprint density at radius 1 is 1.35 bits per heavy atom. The molecule has 0 heterocycles. The molecule has 0 aromatic heterocycles. The Morgan fingerprint density at radius 3 is 2.60 bits per heavy atom. The van der Waals surface area contributed by atoms with Gasteiger partial charge in [-0.05, 0) is 27.0 Å². The zero-order valence-corrected chi connectivity index (χ0v) is 12.5. The fourth-order valence-corrected chi connectivity index (χ4v) is 1.74. The highest BCUT2D eigenvalue weighted by Gasteiger charge is 2.24. The fourth-order valence-electron chi connectivity index (χ4n) is 1.74. The van der Waals surface area contributed by atoms with Gasteiger partial charge in [0.25, 0.3) is 0 Å². The molecule has 0 amide bonds. The van der Waals surface area contributed by atoms with Gasteiger partial charge in [-0.15, -0.1) is 0 Å². The molecule has 0 spiro atoms. The summed E-state index contributed by atoms with van der Waals surface area (Å²) in [6, 6.07) is 7.53. The third kappa shape index (κ3) is 4.76. The summed E-state index contributed by atoms with van der Waals surface area (Å²) in [6.45, 7) is 4.91. The van der Waals surface area contributed by atoms with Crippen LogP contribution in [0.2, 0.25) is 0 Å². The number of hydrogen-bond acceptors (Lipinski definition) is 5. The summed E-state index contributed by atoms with van der Waals surface area (Å²) in [7, 11) is 1.87. The summed E-state index contributed by atoms with van der Waals surface area (Å²) < 4.78 is 5.62. The number of aliphatic hydroxyl groups is 2. The highest BCUT2D eigenvalue weighted by molar-refractivity contribution is 5.32. The predicted octanol–water partition coefficient (Wildman–Crippen LogP) is 0.588. The van der Waals surface area contributed by atoms with Crippen LogP contribution in [0.5, 0.6) is 5.75 Å². The van der Waals surface area contributed by atoms with Crippen molar-refractivity contribution in [1.29, 1.82) is 0 Å². The number of para-hydroxylation sites is 1. The highest BCUT2D eigenvalue weighted by Crippen LogP contribution is 2.17. The van der Waals surface area contributed by atoms with Gasteiger partial charge < -0.3 is 20.7 Å². The number of rotatable bonds is 8. The van der Waals surface area contributed by atoms with Gasteiger partial charge in [0, 0.05) is 24.2 Å².